The van der Waals surface area contributed by atoms with Gasteiger partial charge in [-0.1, -0.05) is 18.2 Å². The number of aliphatic hydroxyl groups excluding tert-OH is 1. The first kappa shape index (κ1) is 12.7. The molecule has 0 heterocycles. The maximum atomic E-state index is 9.76. The number of nitrogens with zero attached hydrogens (tertiary/aromatic N) is 1. The largest absolute Gasteiger partial charge is 0.489 e. The lowest BCUT2D eigenvalue weighted by atomic mass is 10.1. The summed E-state index contributed by atoms with van der Waals surface area (Å²) < 4.78 is 5.76. The Hall–Kier alpha value is -2.31. The van der Waals surface area contributed by atoms with Crippen molar-refractivity contribution >= 4 is 0 Å². The van der Waals surface area contributed by atoms with Crippen LogP contribution in [0.1, 0.15) is 34.8 Å². The average molecular weight is 265 g/mol. The molecule has 3 nitrogen and oxygen atoms in total. The summed E-state index contributed by atoms with van der Waals surface area (Å²) in [7, 11) is 0. The van der Waals surface area contributed by atoms with E-state index in [1.807, 2.05) is 30.3 Å². The Balaban J connectivity index is 1.68. The molecule has 20 heavy (non-hydrogen) atoms. The summed E-state index contributed by atoms with van der Waals surface area (Å²) in [5, 5.41) is 18.5. The van der Waals surface area contributed by atoms with E-state index in [4.69, 9.17) is 10.00 Å². The molecule has 0 amide bonds. The van der Waals surface area contributed by atoms with Gasteiger partial charge in [-0.25, -0.2) is 0 Å². The summed E-state index contributed by atoms with van der Waals surface area (Å²) in [6, 6.07) is 15.3. The summed E-state index contributed by atoms with van der Waals surface area (Å²) in [6.45, 7) is 0.479. The number of rotatable bonds is 3. The molecule has 2 aromatic rings. The van der Waals surface area contributed by atoms with Gasteiger partial charge in [-0.05, 0) is 53.8 Å². The zero-order valence-electron chi connectivity index (χ0n) is 11.0. The Morgan fingerprint density at radius 2 is 2.00 bits per heavy atom. The van der Waals surface area contributed by atoms with Crippen molar-refractivity contribution in [2.75, 3.05) is 0 Å². The predicted octanol–water partition coefficient (Wildman–Crippen LogP) is 3.12. The molecule has 1 aliphatic carbocycles. The van der Waals surface area contributed by atoms with Crippen molar-refractivity contribution in [1.82, 2.24) is 0 Å². The second-order valence-electron chi connectivity index (χ2n) is 5.01. The van der Waals surface area contributed by atoms with Crippen LogP contribution in [0.3, 0.4) is 0 Å². The highest BCUT2D eigenvalue weighted by Crippen LogP contribution is 2.33. The third-order valence-corrected chi connectivity index (χ3v) is 3.65. The molecule has 1 unspecified atom stereocenters. The number of benzene rings is 2. The quantitative estimate of drug-likeness (QED) is 0.927. The van der Waals surface area contributed by atoms with Crippen LogP contribution in [0.4, 0.5) is 0 Å². The molecule has 0 bridgehead atoms. The summed E-state index contributed by atoms with van der Waals surface area (Å²) in [6.07, 6.45) is 1.39. The van der Waals surface area contributed by atoms with Gasteiger partial charge in [0, 0.05) is 0 Å². The van der Waals surface area contributed by atoms with Gasteiger partial charge in [-0.3, -0.25) is 0 Å². The van der Waals surface area contributed by atoms with Crippen molar-refractivity contribution in [2.45, 2.75) is 25.6 Å². The van der Waals surface area contributed by atoms with Gasteiger partial charge in [0.2, 0.25) is 0 Å². The SMILES string of the molecule is N#Cc1ccc(COc2ccc3c(c2)CCC3O)cc1. The van der Waals surface area contributed by atoms with Crippen LogP contribution in [-0.4, -0.2) is 5.11 Å². The maximum absolute atomic E-state index is 9.76. The second-order valence-corrected chi connectivity index (χ2v) is 5.01. The molecule has 0 radical (unpaired) electrons. The number of hydrogen-bond acceptors (Lipinski definition) is 3. The van der Waals surface area contributed by atoms with Crippen molar-refractivity contribution < 1.29 is 9.84 Å². The maximum Gasteiger partial charge on any atom is 0.120 e. The molecule has 0 spiro atoms. The highest BCUT2D eigenvalue weighted by Gasteiger charge is 2.20. The third-order valence-electron chi connectivity index (χ3n) is 3.65. The van der Waals surface area contributed by atoms with Crippen molar-refractivity contribution in [2.24, 2.45) is 0 Å². The van der Waals surface area contributed by atoms with Gasteiger partial charge in [0.1, 0.15) is 12.4 Å². The number of hydrogen-bond donors (Lipinski definition) is 1. The standard InChI is InChI=1S/C17H15NO2/c18-10-12-1-3-13(4-2-12)11-20-15-6-7-16-14(9-15)5-8-17(16)19/h1-4,6-7,9,17,19H,5,8,11H2. The number of ether oxygens (including phenoxy) is 1. The molecular formula is C17H15NO2. The highest BCUT2D eigenvalue weighted by molar-refractivity contribution is 5.40. The van der Waals surface area contributed by atoms with Crippen molar-refractivity contribution in [3.63, 3.8) is 0 Å². The number of aryl methyl sites for hydroxylation is 1. The minimum absolute atomic E-state index is 0.322. The molecule has 0 saturated carbocycles. The zero-order chi connectivity index (χ0) is 13.9. The van der Waals surface area contributed by atoms with E-state index < -0.39 is 0 Å². The predicted molar refractivity (Wildman–Crippen MR) is 75.2 cm³/mol. The van der Waals surface area contributed by atoms with Gasteiger partial charge in [0.05, 0.1) is 17.7 Å². The third kappa shape index (κ3) is 2.52. The van der Waals surface area contributed by atoms with E-state index in [-0.39, 0.29) is 6.10 Å². The van der Waals surface area contributed by atoms with Gasteiger partial charge in [-0.2, -0.15) is 5.26 Å². The van der Waals surface area contributed by atoms with E-state index in [0.29, 0.717) is 12.2 Å². The fourth-order valence-electron chi connectivity index (χ4n) is 2.50. The van der Waals surface area contributed by atoms with Gasteiger partial charge >= 0.3 is 0 Å². The summed E-state index contributed by atoms with van der Waals surface area (Å²) in [5.41, 5.74) is 3.88. The molecule has 2 aromatic carbocycles. The second kappa shape index (κ2) is 5.36. The van der Waals surface area contributed by atoms with Gasteiger partial charge in [0.25, 0.3) is 0 Å². The lowest BCUT2D eigenvalue weighted by Gasteiger charge is -2.09. The Labute approximate surface area is 118 Å². The van der Waals surface area contributed by atoms with E-state index in [2.05, 4.69) is 6.07 Å². The van der Waals surface area contributed by atoms with Crippen LogP contribution < -0.4 is 4.74 Å². The van der Waals surface area contributed by atoms with Crippen molar-refractivity contribution in [3.8, 4) is 11.8 Å². The fourth-order valence-corrected chi connectivity index (χ4v) is 2.50. The molecule has 0 fully saturated rings. The molecular weight excluding hydrogens is 250 g/mol. The lowest BCUT2D eigenvalue weighted by molar-refractivity contribution is 0.180. The van der Waals surface area contributed by atoms with Crippen LogP contribution in [0.2, 0.25) is 0 Å². The average Bonchev–Trinajstić information content (AvgIpc) is 2.87. The minimum atomic E-state index is -0.322. The molecule has 3 rings (SSSR count). The normalized spacial score (nSPS) is 16.5. The minimum Gasteiger partial charge on any atom is -0.489 e. The van der Waals surface area contributed by atoms with E-state index in [1.165, 1.54) is 5.56 Å². The molecule has 0 aliphatic heterocycles. The molecule has 0 saturated heterocycles. The Bertz CT molecular complexity index is 656. The first-order chi connectivity index (χ1) is 9.76. The summed E-state index contributed by atoms with van der Waals surface area (Å²) in [5.74, 6) is 0.821. The van der Waals surface area contributed by atoms with Gasteiger partial charge in [-0.15, -0.1) is 0 Å². The molecule has 1 aliphatic rings. The number of fused-ring (bicyclic) bond motifs is 1. The summed E-state index contributed by atoms with van der Waals surface area (Å²) in [4.78, 5) is 0. The topological polar surface area (TPSA) is 53.2 Å². The Morgan fingerprint density at radius 3 is 2.75 bits per heavy atom. The molecule has 3 heteroatoms. The molecule has 1 atom stereocenters. The van der Waals surface area contributed by atoms with Gasteiger partial charge < -0.3 is 9.84 Å². The molecule has 1 N–H and O–H groups in total. The lowest BCUT2D eigenvalue weighted by Crippen LogP contribution is -1.97. The Kier molecular flexibility index (Phi) is 3.41. The number of aliphatic hydroxyl groups is 1. The molecule has 100 valence electrons. The van der Waals surface area contributed by atoms with E-state index in [1.54, 1.807) is 12.1 Å². The Morgan fingerprint density at radius 1 is 1.20 bits per heavy atom. The van der Waals surface area contributed by atoms with Crippen molar-refractivity contribution in [1.29, 1.82) is 5.26 Å². The van der Waals surface area contributed by atoms with Crippen LogP contribution in [0.5, 0.6) is 5.75 Å². The van der Waals surface area contributed by atoms with Crippen LogP contribution in [0.15, 0.2) is 42.5 Å². The van der Waals surface area contributed by atoms with Crippen LogP contribution in [-0.2, 0) is 13.0 Å². The van der Waals surface area contributed by atoms with E-state index in [9.17, 15) is 5.11 Å². The first-order valence-electron chi connectivity index (χ1n) is 6.69. The van der Waals surface area contributed by atoms with Crippen LogP contribution in [0.25, 0.3) is 0 Å². The van der Waals surface area contributed by atoms with Crippen LogP contribution >= 0.6 is 0 Å². The molecule has 0 aromatic heterocycles. The number of nitriles is 1. The fraction of sp³-hybridized carbons (Fsp3) is 0.235. The first-order valence-corrected chi connectivity index (χ1v) is 6.69. The van der Waals surface area contributed by atoms with Crippen LogP contribution in [0, 0.1) is 11.3 Å². The zero-order valence-corrected chi connectivity index (χ0v) is 11.0. The summed E-state index contributed by atoms with van der Waals surface area (Å²) >= 11 is 0. The van der Waals surface area contributed by atoms with Crippen molar-refractivity contribution in [3.05, 3.63) is 64.7 Å². The van der Waals surface area contributed by atoms with Gasteiger partial charge in [0.15, 0.2) is 0 Å². The monoisotopic (exact) mass is 265 g/mol. The van der Waals surface area contributed by atoms with E-state index in [0.717, 1.165) is 29.7 Å². The highest BCUT2D eigenvalue weighted by atomic mass is 16.5. The smallest absolute Gasteiger partial charge is 0.120 e. The van der Waals surface area contributed by atoms with E-state index >= 15 is 0 Å².